The fourth-order valence-corrected chi connectivity index (χ4v) is 6.33. The van der Waals surface area contributed by atoms with Gasteiger partial charge in [0.25, 0.3) is 5.91 Å². The first-order valence-corrected chi connectivity index (χ1v) is 14.9. The predicted molar refractivity (Wildman–Crippen MR) is 166 cm³/mol. The summed E-state index contributed by atoms with van der Waals surface area (Å²) in [4.78, 5) is 18.0. The van der Waals surface area contributed by atoms with Gasteiger partial charge in [-0.05, 0) is 113 Å². The van der Waals surface area contributed by atoms with Gasteiger partial charge in [-0.25, -0.2) is 0 Å². The molecule has 2 saturated heterocycles. The van der Waals surface area contributed by atoms with Crippen LogP contribution in [-0.4, -0.2) is 69.8 Å². The number of azo groups is 1. The number of fused-ring (bicyclic) bond motifs is 1. The van der Waals surface area contributed by atoms with E-state index in [4.69, 9.17) is 0 Å². The van der Waals surface area contributed by atoms with E-state index in [9.17, 15) is 15.0 Å². The molecule has 1 unspecified atom stereocenters. The second kappa shape index (κ2) is 13.8. The summed E-state index contributed by atoms with van der Waals surface area (Å²) in [6.07, 6.45) is 7.21. The molecule has 3 heterocycles. The van der Waals surface area contributed by atoms with Crippen LogP contribution < -0.4 is 0 Å². The highest BCUT2D eigenvalue weighted by Crippen LogP contribution is 2.43. The number of phenols is 1. The molecule has 0 aliphatic carbocycles. The number of piperidine rings is 1. The van der Waals surface area contributed by atoms with Crippen molar-refractivity contribution >= 4 is 34.9 Å². The summed E-state index contributed by atoms with van der Waals surface area (Å²) in [7, 11) is 0. The summed E-state index contributed by atoms with van der Waals surface area (Å²) < 4.78 is 1.97. The maximum absolute atomic E-state index is 13.0. The zero-order valence-electron chi connectivity index (χ0n) is 24.6. The van der Waals surface area contributed by atoms with Crippen LogP contribution in [0.2, 0.25) is 0 Å². The van der Waals surface area contributed by atoms with Crippen LogP contribution in [0.3, 0.4) is 0 Å². The zero-order chi connectivity index (χ0) is 28.2. The topological polar surface area (TPSA) is 93.7 Å². The fraction of sp³-hybridized carbons (Fsp3) is 0.531. The van der Waals surface area contributed by atoms with Gasteiger partial charge in [0.15, 0.2) is 5.69 Å². The fourth-order valence-electron chi connectivity index (χ4n) is 6.33. The molecule has 1 aromatic heterocycles. The van der Waals surface area contributed by atoms with Gasteiger partial charge < -0.3 is 24.6 Å². The maximum Gasteiger partial charge on any atom is 0.271 e. The number of rotatable bonds is 9. The number of carbonyl (C=O) groups is 1. The van der Waals surface area contributed by atoms with E-state index in [1.165, 1.54) is 37.7 Å². The third kappa shape index (κ3) is 6.93. The van der Waals surface area contributed by atoms with Crippen molar-refractivity contribution in [2.45, 2.75) is 71.8 Å². The number of halogens is 1. The lowest BCUT2D eigenvalue weighted by atomic mass is 9.97. The van der Waals surface area contributed by atoms with Crippen LogP contribution in [0.5, 0.6) is 11.6 Å². The van der Waals surface area contributed by atoms with Crippen LogP contribution in [0, 0.1) is 13.8 Å². The lowest BCUT2D eigenvalue weighted by Crippen LogP contribution is -2.32. The number of hydrogen-bond acceptors (Lipinski definition) is 6. The molecule has 1 atom stereocenters. The molecule has 41 heavy (non-hydrogen) atoms. The normalized spacial score (nSPS) is 17.3. The molecule has 9 heteroatoms. The summed E-state index contributed by atoms with van der Waals surface area (Å²) in [5.41, 5.74) is 5.57. The summed E-state index contributed by atoms with van der Waals surface area (Å²) in [5.74, 6) is -0.681. The number of benzene rings is 2. The van der Waals surface area contributed by atoms with Gasteiger partial charge in [-0.15, -0.1) is 22.6 Å². The summed E-state index contributed by atoms with van der Waals surface area (Å²) in [6, 6.07) is 8.83. The highest BCUT2D eigenvalue weighted by Gasteiger charge is 2.24. The molecule has 2 N–H and O–H groups in total. The minimum atomic E-state index is -0.516. The van der Waals surface area contributed by atoms with Crippen LogP contribution in [0.25, 0.3) is 10.9 Å². The van der Waals surface area contributed by atoms with E-state index < -0.39 is 5.92 Å². The van der Waals surface area contributed by atoms with Crippen molar-refractivity contribution in [3.63, 3.8) is 0 Å². The van der Waals surface area contributed by atoms with Gasteiger partial charge >= 0.3 is 0 Å². The van der Waals surface area contributed by atoms with E-state index >= 15 is 0 Å². The van der Waals surface area contributed by atoms with Crippen LogP contribution in [0.1, 0.15) is 67.2 Å². The largest absolute Gasteiger partial charge is 0.508 e. The molecule has 2 fully saturated rings. The van der Waals surface area contributed by atoms with Gasteiger partial charge in [-0.3, -0.25) is 4.79 Å². The Bertz CT molecular complexity index is 1370. The van der Waals surface area contributed by atoms with Crippen molar-refractivity contribution in [3.05, 3.63) is 52.6 Å². The number of carbonyl (C=O) groups excluding carboxylic acids is 1. The molecule has 1 amide bonds. The van der Waals surface area contributed by atoms with E-state index in [0.717, 1.165) is 73.3 Å². The van der Waals surface area contributed by atoms with Gasteiger partial charge in [-0.1, -0.05) is 24.6 Å². The molecule has 0 spiro atoms. The summed E-state index contributed by atoms with van der Waals surface area (Å²) >= 11 is 0. The minimum absolute atomic E-state index is 0. The number of likely N-dealkylation sites (tertiary alicyclic amines) is 2. The van der Waals surface area contributed by atoms with Crippen molar-refractivity contribution in [3.8, 4) is 11.6 Å². The predicted octanol–water partition coefficient (Wildman–Crippen LogP) is 6.63. The average molecular weight is 582 g/mol. The molecule has 5 rings (SSSR count). The summed E-state index contributed by atoms with van der Waals surface area (Å²) in [5, 5.41) is 30.5. The minimum Gasteiger partial charge on any atom is -0.508 e. The van der Waals surface area contributed by atoms with Crippen LogP contribution in [0.15, 0.2) is 40.6 Å². The highest BCUT2D eigenvalue weighted by atomic mass is 35.5. The Morgan fingerprint density at radius 2 is 1.51 bits per heavy atom. The number of hydrogen-bond donors (Lipinski definition) is 2. The molecule has 0 bridgehead atoms. The molecule has 8 nitrogen and oxygen atoms in total. The molecule has 3 aromatic rings. The quantitative estimate of drug-likeness (QED) is 0.277. The number of aryl methyl sites for hydroxylation is 2. The van der Waals surface area contributed by atoms with Crippen LogP contribution >= 0.6 is 12.4 Å². The Labute approximate surface area is 249 Å². The Morgan fingerprint density at radius 1 is 0.902 bits per heavy atom. The van der Waals surface area contributed by atoms with Gasteiger partial charge in [0, 0.05) is 25.0 Å². The number of aromatic hydroxyl groups is 2. The van der Waals surface area contributed by atoms with Gasteiger partial charge in [0.2, 0.25) is 5.88 Å². The van der Waals surface area contributed by atoms with E-state index in [2.05, 4.69) is 39.9 Å². The van der Waals surface area contributed by atoms with Gasteiger partial charge in [0.05, 0.1) is 11.4 Å². The number of aromatic nitrogens is 1. The molecule has 0 radical (unpaired) electrons. The Kier molecular flexibility index (Phi) is 10.4. The van der Waals surface area contributed by atoms with Crippen molar-refractivity contribution in [2.75, 3.05) is 39.3 Å². The van der Waals surface area contributed by atoms with Crippen molar-refractivity contribution < 1.29 is 15.0 Å². The number of amides is 1. The smallest absolute Gasteiger partial charge is 0.271 e. The van der Waals surface area contributed by atoms with E-state index in [0.29, 0.717) is 12.2 Å². The Hall–Kier alpha value is -2.94. The highest BCUT2D eigenvalue weighted by molar-refractivity contribution is 6.00. The molecule has 2 aliphatic heterocycles. The number of phenolic OH excluding ortho intramolecular Hbond substituents is 1. The SMILES string of the molecule is Cc1c(CCN2CCCC2)cc(C)c2c1c(N=NC(=O)C(C)c1ccc(O)cc1)c(O)n2CCN1CCCCC1.Cl. The van der Waals surface area contributed by atoms with Crippen molar-refractivity contribution in [1.82, 2.24) is 14.4 Å². The maximum atomic E-state index is 13.0. The van der Waals surface area contributed by atoms with Crippen molar-refractivity contribution in [2.24, 2.45) is 10.2 Å². The van der Waals surface area contributed by atoms with Gasteiger partial charge in [-0.2, -0.15) is 0 Å². The number of nitrogens with zero attached hydrogens (tertiary/aromatic N) is 5. The van der Waals surface area contributed by atoms with Crippen LogP contribution in [0.4, 0.5) is 5.69 Å². The first kappa shape index (κ1) is 31.0. The Morgan fingerprint density at radius 3 is 2.17 bits per heavy atom. The second-order valence-corrected chi connectivity index (χ2v) is 11.6. The lowest BCUT2D eigenvalue weighted by Gasteiger charge is -2.26. The molecule has 222 valence electrons. The monoisotopic (exact) mass is 581 g/mol. The first-order valence-electron chi connectivity index (χ1n) is 14.9. The molecule has 2 aromatic carbocycles. The average Bonchev–Trinajstić information content (AvgIpc) is 3.58. The third-order valence-electron chi connectivity index (χ3n) is 8.83. The molecule has 0 saturated carbocycles. The summed E-state index contributed by atoms with van der Waals surface area (Å²) in [6.45, 7) is 13.0. The Balaban J connectivity index is 0.00000387. The van der Waals surface area contributed by atoms with Crippen LogP contribution in [-0.2, 0) is 17.8 Å². The molecular formula is C32H44ClN5O3. The first-order chi connectivity index (χ1) is 19.3. The molecular weight excluding hydrogens is 538 g/mol. The standard InChI is InChI=1S/C32H43N5O3.ClH/c1-22-21-26(13-18-35-16-7-8-17-35)23(2)28-29(33-34-31(39)24(3)25-9-11-27(38)12-10-25)32(40)37(30(22)28)20-19-36-14-5-4-6-15-36;/h9-12,21,24,38,40H,4-8,13-20H2,1-3H3;1H. The molecule has 2 aliphatic rings. The lowest BCUT2D eigenvalue weighted by molar-refractivity contribution is -0.119. The van der Waals surface area contributed by atoms with E-state index in [-0.39, 0.29) is 29.9 Å². The van der Waals surface area contributed by atoms with Crippen molar-refractivity contribution in [1.29, 1.82) is 0 Å². The van der Waals surface area contributed by atoms with Gasteiger partial charge in [0.1, 0.15) is 5.75 Å². The van der Waals surface area contributed by atoms with E-state index in [1.54, 1.807) is 31.2 Å². The second-order valence-electron chi connectivity index (χ2n) is 11.6. The third-order valence-corrected chi connectivity index (χ3v) is 8.83. The van der Waals surface area contributed by atoms with E-state index in [1.807, 2.05) is 4.57 Å². The zero-order valence-corrected chi connectivity index (χ0v) is 25.4.